The largest absolute Gasteiger partial charge is 0.365 e. The van der Waals surface area contributed by atoms with Gasteiger partial charge in [-0.2, -0.15) is 0 Å². The van der Waals surface area contributed by atoms with Gasteiger partial charge in [0.15, 0.2) is 0 Å². The van der Waals surface area contributed by atoms with E-state index < -0.39 is 0 Å². The van der Waals surface area contributed by atoms with Gasteiger partial charge in [-0.25, -0.2) is 4.39 Å². The minimum Gasteiger partial charge on any atom is -0.365 e. The lowest BCUT2D eigenvalue weighted by atomic mass is 10.1. The van der Waals surface area contributed by atoms with Crippen molar-refractivity contribution in [1.29, 1.82) is 0 Å². The lowest BCUT2D eigenvalue weighted by Gasteiger charge is -2.32. The van der Waals surface area contributed by atoms with E-state index in [1.807, 2.05) is 6.92 Å². The fourth-order valence-corrected chi connectivity index (χ4v) is 3.31. The van der Waals surface area contributed by atoms with Crippen molar-refractivity contribution >= 4 is 11.8 Å². The first kappa shape index (κ1) is 21.5. The zero-order valence-electron chi connectivity index (χ0n) is 17.5. The van der Waals surface area contributed by atoms with E-state index in [9.17, 15) is 14.0 Å². The molecule has 3 aromatic rings. The van der Waals surface area contributed by atoms with Crippen LogP contribution in [-0.4, -0.2) is 57.5 Å². The third-order valence-electron chi connectivity index (χ3n) is 5.04. The van der Waals surface area contributed by atoms with Crippen LogP contribution in [0.2, 0.25) is 0 Å². The Labute approximate surface area is 184 Å². The fraction of sp³-hybridized carbons (Fsp3) is 0.261. The van der Waals surface area contributed by atoms with Gasteiger partial charge in [-0.1, -0.05) is 12.1 Å². The minimum atomic E-state index is -0.347. The van der Waals surface area contributed by atoms with Crippen LogP contribution < -0.4 is 5.32 Å². The van der Waals surface area contributed by atoms with Crippen molar-refractivity contribution in [3.8, 4) is 11.3 Å². The van der Waals surface area contributed by atoms with Gasteiger partial charge in [0.05, 0.1) is 41.5 Å². The van der Waals surface area contributed by atoms with Gasteiger partial charge >= 0.3 is 0 Å². The summed E-state index contributed by atoms with van der Waals surface area (Å²) in [6.45, 7) is 2.72. The Morgan fingerprint density at radius 2 is 2.06 bits per heavy atom. The molecule has 164 valence electrons. The first-order chi connectivity index (χ1) is 15.5. The topological polar surface area (TPSA) is 97.3 Å². The number of ether oxygens (including phenoxy) is 1. The molecule has 8 nitrogen and oxygen atoms in total. The molecule has 1 N–H and O–H groups in total. The number of aryl methyl sites for hydroxylation is 1. The molecule has 1 atom stereocenters. The number of hydrogen-bond acceptors (Lipinski definition) is 6. The molecule has 0 saturated carbocycles. The molecule has 1 unspecified atom stereocenters. The highest BCUT2D eigenvalue weighted by atomic mass is 19.1. The zero-order valence-corrected chi connectivity index (χ0v) is 17.5. The Morgan fingerprint density at radius 3 is 2.78 bits per heavy atom. The van der Waals surface area contributed by atoms with Gasteiger partial charge in [0.1, 0.15) is 12.4 Å². The Hall–Kier alpha value is -3.72. The van der Waals surface area contributed by atoms with E-state index >= 15 is 0 Å². The number of hydrogen-bond donors (Lipinski definition) is 1. The van der Waals surface area contributed by atoms with Gasteiger partial charge in [0.2, 0.25) is 5.91 Å². The van der Waals surface area contributed by atoms with E-state index in [4.69, 9.17) is 4.74 Å². The summed E-state index contributed by atoms with van der Waals surface area (Å²) in [5.41, 5.74) is 3.09. The van der Waals surface area contributed by atoms with Crippen LogP contribution in [0, 0.1) is 12.7 Å². The standard InChI is InChI=1S/C23H22FN5O3/c1-15-8-26-19(10-25-15)12-29-13-20(32-14-22(29)30)11-28-23(31)17-5-6-21(27-9-17)16-3-2-4-18(24)7-16/h2-10,20H,11-14H2,1H3,(H,28,31). The molecule has 4 rings (SSSR count). The van der Waals surface area contributed by atoms with Crippen LogP contribution in [0.25, 0.3) is 11.3 Å². The molecular weight excluding hydrogens is 413 g/mol. The number of nitrogens with zero attached hydrogens (tertiary/aromatic N) is 4. The summed E-state index contributed by atoms with van der Waals surface area (Å²) >= 11 is 0. The number of nitrogens with one attached hydrogen (secondary N) is 1. The number of carbonyl (C=O) groups excluding carboxylic acids is 2. The quantitative estimate of drug-likeness (QED) is 0.637. The number of pyridine rings is 1. The molecule has 0 aliphatic carbocycles. The Balaban J connectivity index is 1.32. The second-order valence-electron chi connectivity index (χ2n) is 7.51. The first-order valence-corrected chi connectivity index (χ1v) is 10.1. The van der Waals surface area contributed by atoms with Crippen LogP contribution in [0.3, 0.4) is 0 Å². The van der Waals surface area contributed by atoms with Crippen LogP contribution in [0.5, 0.6) is 0 Å². The molecule has 9 heteroatoms. The highest BCUT2D eigenvalue weighted by Gasteiger charge is 2.27. The molecule has 1 aromatic carbocycles. The zero-order chi connectivity index (χ0) is 22.5. The van der Waals surface area contributed by atoms with Gasteiger partial charge in [-0.15, -0.1) is 0 Å². The fourth-order valence-electron chi connectivity index (χ4n) is 3.31. The highest BCUT2D eigenvalue weighted by Crippen LogP contribution is 2.18. The van der Waals surface area contributed by atoms with Crippen molar-refractivity contribution in [3.05, 3.63) is 77.8 Å². The maximum Gasteiger partial charge on any atom is 0.252 e. The summed E-state index contributed by atoms with van der Waals surface area (Å²) in [5, 5.41) is 2.81. The van der Waals surface area contributed by atoms with Crippen LogP contribution in [0.4, 0.5) is 4.39 Å². The van der Waals surface area contributed by atoms with E-state index in [0.29, 0.717) is 35.6 Å². The molecule has 32 heavy (non-hydrogen) atoms. The van der Waals surface area contributed by atoms with Crippen LogP contribution in [0.15, 0.2) is 55.0 Å². The molecule has 3 heterocycles. The SMILES string of the molecule is Cc1cnc(CN2CC(CNC(=O)c3ccc(-c4cccc(F)c4)nc3)OCC2=O)cn1. The molecule has 2 amide bonds. The summed E-state index contributed by atoms with van der Waals surface area (Å²) in [4.78, 5) is 39.1. The number of halogens is 1. The second-order valence-corrected chi connectivity index (χ2v) is 7.51. The molecule has 1 aliphatic rings. The normalized spacial score (nSPS) is 16.1. The Bertz CT molecular complexity index is 1110. The molecular formula is C23H22FN5O3. The number of morpholine rings is 1. The number of carbonyl (C=O) groups is 2. The van der Waals surface area contributed by atoms with Gasteiger partial charge in [-0.05, 0) is 31.2 Å². The molecule has 1 fully saturated rings. The molecule has 0 bridgehead atoms. The number of amides is 2. The van der Waals surface area contributed by atoms with E-state index in [-0.39, 0.29) is 36.9 Å². The molecule has 1 saturated heterocycles. The van der Waals surface area contributed by atoms with Crippen LogP contribution in [-0.2, 0) is 16.1 Å². The van der Waals surface area contributed by atoms with E-state index in [0.717, 1.165) is 5.69 Å². The number of rotatable bonds is 6. The van der Waals surface area contributed by atoms with Gasteiger partial charge in [0.25, 0.3) is 5.91 Å². The van der Waals surface area contributed by atoms with Crippen molar-refractivity contribution in [2.45, 2.75) is 19.6 Å². The maximum absolute atomic E-state index is 13.4. The van der Waals surface area contributed by atoms with Crippen molar-refractivity contribution in [2.75, 3.05) is 19.7 Å². The second kappa shape index (κ2) is 9.61. The molecule has 1 aliphatic heterocycles. The lowest BCUT2D eigenvalue weighted by Crippen LogP contribution is -2.50. The van der Waals surface area contributed by atoms with Crippen molar-refractivity contribution in [2.24, 2.45) is 0 Å². The van der Waals surface area contributed by atoms with E-state index in [1.54, 1.807) is 41.6 Å². The number of benzene rings is 1. The summed E-state index contributed by atoms with van der Waals surface area (Å²) in [5.74, 6) is -0.785. The average molecular weight is 435 g/mol. The van der Waals surface area contributed by atoms with Crippen molar-refractivity contribution < 1.29 is 18.7 Å². The molecule has 0 radical (unpaired) electrons. The summed E-state index contributed by atoms with van der Waals surface area (Å²) in [6, 6.07) is 9.41. The summed E-state index contributed by atoms with van der Waals surface area (Å²) in [7, 11) is 0. The molecule has 0 spiro atoms. The lowest BCUT2D eigenvalue weighted by molar-refractivity contribution is -0.149. The van der Waals surface area contributed by atoms with E-state index in [2.05, 4.69) is 20.3 Å². The van der Waals surface area contributed by atoms with Gasteiger partial charge in [0, 0.05) is 31.0 Å². The average Bonchev–Trinajstić information content (AvgIpc) is 2.81. The van der Waals surface area contributed by atoms with Gasteiger partial charge in [-0.3, -0.25) is 24.5 Å². The van der Waals surface area contributed by atoms with Crippen LogP contribution in [0.1, 0.15) is 21.7 Å². The monoisotopic (exact) mass is 435 g/mol. The Morgan fingerprint density at radius 1 is 1.19 bits per heavy atom. The third kappa shape index (κ3) is 5.30. The molecule has 2 aromatic heterocycles. The Kier molecular flexibility index (Phi) is 6.46. The number of aromatic nitrogens is 3. The predicted molar refractivity (Wildman–Crippen MR) is 114 cm³/mol. The minimum absolute atomic E-state index is 0.0519. The third-order valence-corrected chi connectivity index (χ3v) is 5.04. The van der Waals surface area contributed by atoms with Gasteiger partial charge < -0.3 is 15.0 Å². The first-order valence-electron chi connectivity index (χ1n) is 10.1. The summed E-state index contributed by atoms with van der Waals surface area (Å²) in [6.07, 6.45) is 4.42. The summed E-state index contributed by atoms with van der Waals surface area (Å²) < 4.78 is 19.0. The smallest absolute Gasteiger partial charge is 0.252 e. The van der Waals surface area contributed by atoms with E-state index in [1.165, 1.54) is 18.3 Å². The van der Waals surface area contributed by atoms with Crippen molar-refractivity contribution in [3.63, 3.8) is 0 Å². The van der Waals surface area contributed by atoms with Crippen molar-refractivity contribution in [1.82, 2.24) is 25.2 Å². The maximum atomic E-state index is 13.4. The highest BCUT2D eigenvalue weighted by molar-refractivity contribution is 5.94. The van der Waals surface area contributed by atoms with Crippen LogP contribution >= 0.6 is 0 Å². The predicted octanol–water partition coefficient (Wildman–Crippen LogP) is 2.14.